The fraction of sp³-hybridized carbons (Fsp3) is 0.364. The third-order valence-electron chi connectivity index (χ3n) is 4.63. The highest BCUT2D eigenvalue weighted by Gasteiger charge is 2.08. The first-order valence-corrected chi connectivity index (χ1v) is 10.6. The van der Waals surface area contributed by atoms with Gasteiger partial charge in [0.15, 0.2) is 23.7 Å². The molecule has 2 heterocycles. The summed E-state index contributed by atoms with van der Waals surface area (Å²) in [6, 6.07) is 5.90. The van der Waals surface area contributed by atoms with Crippen LogP contribution in [0, 0.1) is 6.92 Å². The lowest BCUT2D eigenvalue weighted by Gasteiger charge is -2.11. The Morgan fingerprint density at radius 3 is 3.00 bits per heavy atom. The number of aryl methyl sites for hydroxylation is 1. The van der Waals surface area contributed by atoms with Crippen molar-refractivity contribution in [2.45, 2.75) is 39.2 Å². The molecule has 3 aromatic rings. The second-order valence-corrected chi connectivity index (χ2v) is 7.30. The van der Waals surface area contributed by atoms with Gasteiger partial charge in [-0.15, -0.1) is 0 Å². The Morgan fingerprint density at radius 1 is 1.29 bits per heavy atom. The Hall–Kier alpha value is -3.13. The number of fused-ring (bicyclic) bond motifs is 1. The molecule has 0 atom stereocenters. The van der Waals surface area contributed by atoms with Gasteiger partial charge in [-0.3, -0.25) is 4.99 Å². The number of hydrogen-bond donors (Lipinski definition) is 2. The van der Waals surface area contributed by atoms with Crippen molar-refractivity contribution in [2.75, 3.05) is 19.0 Å². The number of benzene rings is 1. The van der Waals surface area contributed by atoms with E-state index in [-0.39, 0.29) is 5.28 Å². The second kappa shape index (κ2) is 11.3. The van der Waals surface area contributed by atoms with Crippen molar-refractivity contribution in [3.05, 3.63) is 53.6 Å². The highest BCUT2D eigenvalue weighted by Crippen LogP contribution is 2.26. The normalized spacial score (nSPS) is 11.2. The van der Waals surface area contributed by atoms with E-state index in [1.165, 1.54) is 6.39 Å². The summed E-state index contributed by atoms with van der Waals surface area (Å²) in [5.74, 6) is 1.20. The average molecular weight is 443 g/mol. The maximum atomic E-state index is 5.88. The standard InChI is InChI=1S/C22H27ClN6O2/c1-15-20(21(24-3)29-22(23)28-15)25-10-6-4-5-7-11-30-16(2)26-13-17-8-9-18-19(12-17)31-14-27-18/h8-10,12,14,26H,2,4-7,11,13H2,1,3H3,(H,24,28,29). The molecule has 9 heteroatoms. The number of aliphatic imine (C=N–C) groups is 1. The third-order valence-corrected chi connectivity index (χ3v) is 4.80. The van der Waals surface area contributed by atoms with Crippen LogP contribution in [0.5, 0.6) is 0 Å². The summed E-state index contributed by atoms with van der Waals surface area (Å²) in [5.41, 5.74) is 4.18. The maximum absolute atomic E-state index is 5.88. The van der Waals surface area contributed by atoms with Crippen molar-refractivity contribution >= 4 is 40.4 Å². The number of halogens is 1. The summed E-state index contributed by atoms with van der Waals surface area (Å²) >= 11 is 5.88. The van der Waals surface area contributed by atoms with E-state index in [0.29, 0.717) is 24.9 Å². The third kappa shape index (κ3) is 6.68. The van der Waals surface area contributed by atoms with E-state index in [1.54, 1.807) is 7.05 Å². The molecule has 0 saturated carbocycles. The molecule has 0 fully saturated rings. The number of hydrogen-bond acceptors (Lipinski definition) is 8. The summed E-state index contributed by atoms with van der Waals surface area (Å²) in [5, 5.41) is 6.39. The fourth-order valence-corrected chi connectivity index (χ4v) is 3.20. The highest BCUT2D eigenvalue weighted by molar-refractivity contribution is 6.28. The van der Waals surface area contributed by atoms with Crippen LogP contribution in [-0.4, -0.2) is 34.8 Å². The number of oxazole rings is 1. The van der Waals surface area contributed by atoms with Crippen LogP contribution in [0.15, 0.2) is 46.5 Å². The van der Waals surface area contributed by atoms with Crippen LogP contribution in [-0.2, 0) is 11.3 Å². The van der Waals surface area contributed by atoms with Gasteiger partial charge in [0.25, 0.3) is 0 Å². The Bertz CT molecular complexity index is 1050. The number of nitrogens with zero attached hydrogens (tertiary/aromatic N) is 4. The van der Waals surface area contributed by atoms with E-state index in [0.717, 1.165) is 53.7 Å². The topological polar surface area (TPSA) is 97.5 Å². The molecule has 0 aliphatic carbocycles. The Morgan fingerprint density at radius 2 is 2.16 bits per heavy atom. The van der Waals surface area contributed by atoms with Gasteiger partial charge in [0, 0.05) is 19.8 Å². The number of aromatic nitrogens is 3. The molecular formula is C22H27ClN6O2. The van der Waals surface area contributed by atoms with Gasteiger partial charge < -0.3 is 19.8 Å². The molecule has 0 unspecified atom stereocenters. The van der Waals surface area contributed by atoms with Crippen LogP contribution >= 0.6 is 11.6 Å². The van der Waals surface area contributed by atoms with Crippen molar-refractivity contribution in [1.29, 1.82) is 0 Å². The van der Waals surface area contributed by atoms with Gasteiger partial charge in [0.1, 0.15) is 11.2 Å². The van der Waals surface area contributed by atoms with E-state index in [4.69, 9.17) is 20.8 Å². The molecule has 2 aromatic heterocycles. The number of ether oxygens (including phenoxy) is 1. The largest absolute Gasteiger partial charge is 0.480 e. The lowest BCUT2D eigenvalue weighted by molar-refractivity contribution is 0.185. The monoisotopic (exact) mass is 442 g/mol. The predicted octanol–water partition coefficient (Wildman–Crippen LogP) is 5.16. The molecule has 31 heavy (non-hydrogen) atoms. The van der Waals surface area contributed by atoms with Crippen molar-refractivity contribution in [1.82, 2.24) is 20.3 Å². The zero-order chi connectivity index (χ0) is 22.1. The van der Waals surface area contributed by atoms with Crippen LogP contribution in [0.1, 0.15) is 36.9 Å². The van der Waals surface area contributed by atoms with Gasteiger partial charge in [-0.25, -0.2) is 9.97 Å². The van der Waals surface area contributed by atoms with Crippen molar-refractivity contribution < 1.29 is 9.15 Å². The lowest BCUT2D eigenvalue weighted by Crippen LogP contribution is -2.14. The first kappa shape index (κ1) is 22.6. The molecule has 1 aromatic carbocycles. The van der Waals surface area contributed by atoms with Gasteiger partial charge in [-0.05, 0) is 68.5 Å². The Kier molecular flexibility index (Phi) is 8.23. The zero-order valence-electron chi connectivity index (χ0n) is 17.8. The van der Waals surface area contributed by atoms with Crippen LogP contribution in [0.4, 0.5) is 11.5 Å². The molecule has 0 aliphatic rings. The summed E-state index contributed by atoms with van der Waals surface area (Å²) in [7, 11) is 1.79. The molecule has 8 nitrogen and oxygen atoms in total. The van der Waals surface area contributed by atoms with Crippen molar-refractivity contribution in [3.8, 4) is 0 Å². The van der Waals surface area contributed by atoms with Gasteiger partial charge in [0.05, 0.1) is 12.3 Å². The number of anilines is 1. The van der Waals surface area contributed by atoms with Crippen LogP contribution < -0.4 is 10.6 Å². The highest BCUT2D eigenvalue weighted by atomic mass is 35.5. The minimum atomic E-state index is 0.216. The molecule has 3 rings (SSSR count). The quantitative estimate of drug-likeness (QED) is 0.173. The van der Waals surface area contributed by atoms with Gasteiger partial charge >= 0.3 is 0 Å². The van der Waals surface area contributed by atoms with Crippen molar-refractivity contribution in [3.63, 3.8) is 0 Å². The molecule has 0 amide bonds. The lowest BCUT2D eigenvalue weighted by atomic mass is 10.2. The molecule has 2 N–H and O–H groups in total. The first-order valence-electron chi connectivity index (χ1n) is 10.2. The van der Waals surface area contributed by atoms with E-state index >= 15 is 0 Å². The second-order valence-electron chi connectivity index (χ2n) is 6.97. The molecule has 0 aliphatic heterocycles. The molecule has 0 saturated heterocycles. The minimum Gasteiger partial charge on any atom is -0.480 e. The fourth-order valence-electron chi connectivity index (χ4n) is 2.99. The van der Waals surface area contributed by atoms with E-state index in [2.05, 4.69) is 37.2 Å². The number of rotatable bonds is 12. The van der Waals surface area contributed by atoms with E-state index < -0.39 is 0 Å². The Balaban J connectivity index is 1.29. The summed E-state index contributed by atoms with van der Waals surface area (Å²) in [6.07, 6.45) is 7.22. The SMILES string of the molecule is C=C(NCc1ccc2ncoc2c1)OCCCCCC=Nc1c(C)nc(Cl)nc1NC. The van der Waals surface area contributed by atoms with E-state index in [1.807, 2.05) is 31.3 Å². The molecule has 0 spiro atoms. The van der Waals surface area contributed by atoms with Crippen LogP contribution in [0.25, 0.3) is 11.1 Å². The molecule has 164 valence electrons. The van der Waals surface area contributed by atoms with Crippen molar-refractivity contribution in [2.24, 2.45) is 4.99 Å². The number of nitrogens with one attached hydrogen (secondary N) is 2. The predicted molar refractivity (Wildman–Crippen MR) is 124 cm³/mol. The van der Waals surface area contributed by atoms with Gasteiger partial charge in [0.2, 0.25) is 5.28 Å². The minimum absolute atomic E-state index is 0.216. The van der Waals surface area contributed by atoms with Gasteiger partial charge in [-0.2, -0.15) is 4.98 Å². The zero-order valence-corrected chi connectivity index (χ0v) is 18.6. The summed E-state index contributed by atoms with van der Waals surface area (Å²) in [6.45, 7) is 7.03. The number of unbranched alkanes of at least 4 members (excludes halogenated alkanes) is 3. The smallest absolute Gasteiger partial charge is 0.224 e. The molecular weight excluding hydrogens is 416 g/mol. The maximum Gasteiger partial charge on any atom is 0.224 e. The average Bonchev–Trinajstić information content (AvgIpc) is 3.22. The summed E-state index contributed by atoms with van der Waals surface area (Å²) < 4.78 is 11.0. The van der Waals surface area contributed by atoms with Crippen LogP contribution in [0.2, 0.25) is 5.28 Å². The first-order chi connectivity index (χ1) is 15.1. The molecule has 0 radical (unpaired) electrons. The van der Waals surface area contributed by atoms with Gasteiger partial charge in [-0.1, -0.05) is 6.07 Å². The summed E-state index contributed by atoms with van der Waals surface area (Å²) in [4.78, 5) is 16.9. The van der Waals surface area contributed by atoms with Crippen LogP contribution in [0.3, 0.4) is 0 Å². The Labute approximate surface area is 186 Å². The molecule has 0 bridgehead atoms. The van der Waals surface area contributed by atoms with E-state index in [9.17, 15) is 0 Å².